The van der Waals surface area contributed by atoms with Gasteiger partial charge in [0.25, 0.3) is 0 Å². The second-order valence-electron chi connectivity index (χ2n) is 4.04. The van der Waals surface area contributed by atoms with E-state index in [0.717, 1.165) is 22.2 Å². The lowest BCUT2D eigenvalue weighted by Gasteiger charge is -2.10. The van der Waals surface area contributed by atoms with Crippen molar-refractivity contribution in [3.63, 3.8) is 0 Å². The number of aromatic nitrogens is 2. The third-order valence-corrected chi connectivity index (χ3v) is 3.49. The number of nitrogen functional groups attached to an aromatic ring is 1. The number of hydrogen-bond donors (Lipinski definition) is 1. The van der Waals surface area contributed by atoms with Crippen molar-refractivity contribution >= 4 is 17.4 Å². The summed E-state index contributed by atoms with van der Waals surface area (Å²) in [6.45, 7) is 8.44. The van der Waals surface area contributed by atoms with Gasteiger partial charge in [-0.1, -0.05) is 13.3 Å². The summed E-state index contributed by atoms with van der Waals surface area (Å²) in [6.07, 6.45) is 2.45. The zero-order valence-corrected chi connectivity index (χ0v) is 10.9. The molecule has 1 heterocycles. The highest BCUT2D eigenvalue weighted by atomic mass is 32.2. The van der Waals surface area contributed by atoms with Crippen LogP contribution in [0.3, 0.4) is 0 Å². The number of nitrogens with two attached hydrogens (primary N) is 1. The smallest absolute Gasteiger partial charge is 0.118 e. The van der Waals surface area contributed by atoms with E-state index in [1.807, 2.05) is 23.4 Å². The van der Waals surface area contributed by atoms with Crippen LogP contribution in [0.1, 0.15) is 45.3 Å². The van der Waals surface area contributed by atoms with Crippen molar-refractivity contribution < 1.29 is 0 Å². The molecule has 0 saturated carbocycles. The van der Waals surface area contributed by atoms with Crippen LogP contribution in [-0.2, 0) is 0 Å². The van der Waals surface area contributed by atoms with Gasteiger partial charge in [-0.25, -0.2) is 0 Å². The highest BCUT2D eigenvalue weighted by Crippen LogP contribution is 2.30. The molecule has 0 aliphatic rings. The lowest BCUT2D eigenvalue weighted by atomic mass is 10.4. The van der Waals surface area contributed by atoms with Crippen LogP contribution < -0.4 is 5.73 Å². The first-order valence-corrected chi connectivity index (χ1v) is 6.53. The molecule has 0 unspecified atom stereocenters. The summed E-state index contributed by atoms with van der Waals surface area (Å²) >= 11 is 1.82. The lowest BCUT2D eigenvalue weighted by Crippen LogP contribution is -2.05. The number of thioether (sulfide) groups is 1. The molecule has 0 spiro atoms. The molecule has 15 heavy (non-hydrogen) atoms. The fourth-order valence-corrected chi connectivity index (χ4v) is 2.66. The highest BCUT2D eigenvalue weighted by molar-refractivity contribution is 7.99. The minimum atomic E-state index is 0.380. The number of unbranched alkanes of at least 4 members (excludes halogenated alkanes) is 1. The molecule has 0 bridgehead atoms. The summed E-state index contributed by atoms with van der Waals surface area (Å²) in [7, 11) is 0. The van der Waals surface area contributed by atoms with Crippen molar-refractivity contribution in [3.05, 3.63) is 5.69 Å². The van der Waals surface area contributed by atoms with Gasteiger partial charge in [0.15, 0.2) is 0 Å². The van der Waals surface area contributed by atoms with E-state index in [-0.39, 0.29) is 0 Å². The molecule has 2 N–H and O–H groups in total. The molecule has 0 amide bonds. The van der Waals surface area contributed by atoms with Crippen LogP contribution in [0.5, 0.6) is 0 Å². The largest absolute Gasteiger partial charge is 0.395 e. The Hall–Kier alpha value is -0.640. The average Bonchev–Trinajstić information content (AvgIpc) is 2.46. The first-order chi connectivity index (χ1) is 7.07. The summed E-state index contributed by atoms with van der Waals surface area (Å²) in [6, 6.07) is 0.380. The molecule has 0 atom stereocenters. The van der Waals surface area contributed by atoms with Gasteiger partial charge in [0.05, 0.1) is 11.4 Å². The summed E-state index contributed by atoms with van der Waals surface area (Å²) in [5, 5.41) is 5.59. The minimum absolute atomic E-state index is 0.380. The summed E-state index contributed by atoms with van der Waals surface area (Å²) < 4.78 is 2.03. The van der Waals surface area contributed by atoms with E-state index < -0.39 is 0 Å². The molecule has 0 fully saturated rings. The van der Waals surface area contributed by atoms with Crippen LogP contribution >= 0.6 is 11.8 Å². The van der Waals surface area contributed by atoms with Crippen LogP contribution in [0.4, 0.5) is 5.69 Å². The number of aryl methyl sites for hydroxylation is 1. The Labute approximate surface area is 96.4 Å². The van der Waals surface area contributed by atoms with Gasteiger partial charge in [-0.3, -0.25) is 4.68 Å². The first kappa shape index (κ1) is 12.4. The maximum absolute atomic E-state index is 6.02. The molecule has 3 nitrogen and oxygen atoms in total. The average molecular weight is 227 g/mol. The van der Waals surface area contributed by atoms with Crippen LogP contribution in [-0.4, -0.2) is 15.5 Å². The first-order valence-electron chi connectivity index (χ1n) is 5.55. The maximum atomic E-state index is 6.02. The van der Waals surface area contributed by atoms with E-state index in [9.17, 15) is 0 Å². The van der Waals surface area contributed by atoms with Crippen molar-refractivity contribution in [1.82, 2.24) is 9.78 Å². The topological polar surface area (TPSA) is 43.8 Å². The van der Waals surface area contributed by atoms with Crippen LogP contribution in [0.15, 0.2) is 5.03 Å². The predicted molar refractivity (Wildman–Crippen MR) is 67.4 cm³/mol. The Morgan fingerprint density at radius 2 is 2.13 bits per heavy atom. The Morgan fingerprint density at radius 1 is 1.47 bits per heavy atom. The monoisotopic (exact) mass is 227 g/mol. The van der Waals surface area contributed by atoms with Gasteiger partial charge < -0.3 is 5.73 Å². The molecule has 1 aromatic rings. The standard InChI is InChI=1S/C11H21N3S/c1-5-6-7-15-11-10(12)9(4)13-14(11)8(2)3/h8H,5-7,12H2,1-4H3. The normalized spacial score (nSPS) is 11.3. The molecule has 0 aliphatic carbocycles. The van der Waals surface area contributed by atoms with Gasteiger partial charge in [0, 0.05) is 6.04 Å². The molecule has 1 aromatic heterocycles. The van der Waals surface area contributed by atoms with Gasteiger partial charge >= 0.3 is 0 Å². The SMILES string of the molecule is CCCCSc1c(N)c(C)nn1C(C)C. The van der Waals surface area contributed by atoms with Gasteiger partial charge in [-0.05, 0) is 32.9 Å². The third kappa shape index (κ3) is 2.91. The van der Waals surface area contributed by atoms with Crippen molar-refractivity contribution in [1.29, 1.82) is 0 Å². The van der Waals surface area contributed by atoms with Crippen molar-refractivity contribution in [2.24, 2.45) is 0 Å². The Kier molecular flexibility index (Phi) is 4.51. The molecular formula is C11H21N3S. The third-order valence-electron chi connectivity index (χ3n) is 2.31. The van der Waals surface area contributed by atoms with Crippen molar-refractivity contribution in [2.45, 2.75) is 51.6 Å². The van der Waals surface area contributed by atoms with Gasteiger partial charge in [0.1, 0.15) is 5.03 Å². The fourth-order valence-electron chi connectivity index (χ4n) is 1.35. The molecule has 1 rings (SSSR count). The number of rotatable bonds is 5. The van der Waals surface area contributed by atoms with E-state index in [0.29, 0.717) is 6.04 Å². The lowest BCUT2D eigenvalue weighted by molar-refractivity contribution is 0.491. The molecule has 0 radical (unpaired) electrons. The molecule has 0 saturated heterocycles. The predicted octanol–water partition coefficient (Wildman–Crippen LogP) is 3.25. The summed E-state index contributed by atoms with van der Waals surface area (Å²) in [5.74, 6) is 1.12. The zero-order valence-electron chi connectivity index (χ0n) is 10.1. The van der Waals surface area contributed by atoms with E-state index in [1.54, 1.807) is 0 Å². The Balaban J connectivity index is 2.83. The van der Waals surface area contributed by atoms with Crippen molar-refractivity contribution in [2.75, 3.05) is 11.5 Å². The van der Waals surface area contributed by atoms with E-state index in [2.05, 4.69) is 25.9 Å². The van der Waals surface area contributed by atoms with Gasteiger partial charge in [0.2, 0.25) is 0 Å². The molecule has 0 aromatic carbocycles. The molecule has 4 heteroatoms. The molecule has 0 aliphatic heterocycles. The van der Waals surface area contributed by atoms with Crippen LogP contribution in [0, 0.1) is 6.92 Å². The summed E-state index contributed by atoms with van der Waals surface area (Å²) in [5.41, 5.74) is 7.82. The van der Waals surface area contributed by atoms with E-state index in [1.165, 1.54) is 12.8 Å². The van der Waals surface area contributed by atoms with Gasteiger partial charge in [-0.2, -0.15) is 5.10 Å². The quantitative estimate of drug-likeness (QED) is 0.620. The van der Waals surface area contributed by atoms with E-state index in [4.69, 9.17) is 5.73 Å². The molecule has 86 valence electrons. The minimum Gasteiger partial charge on any atom is -0.395 e. The maximum Gasteiger partial charge on any atom is 0.118 e. The summed E-state index contributed by atoms with van der Waals surface area (Å²) in [4.78, 5) is 0. The van der Waals surface area contributed by atoms with Gasteiger partial charge in [-0.15, -0.1) is 11.8 Å². The zero-order chi connectivity index (χ0) is 11.4. The van der Waals surface area contributed by atoms with E-state index >= 15 is 0 Å². The van der Waals surface area contributed by atoms with Crippen LogP contribution in [0.25, 0.3) is 0 Å². The van der Waals surface area contributed by atoms with Crippen LogP contribution in [0.2, 0.25) is 0 Å². The number of nitrogens with zero attached hydrogens (tertiary/aromatic N) is 2. The number of anilines is 1. The number of hydrogen-bond acceptors (Lipinski definition) is 3. The fraction of sp³-hybridized carbons (Fsp3) is 0.727. The second-order valence-corrected chi connectivity index (χ2v) is 5.13. The Morgan fingerprint density at radius 3 is 2.67 bits per heavy atom. The van der Waals surface area contributed by atoms with Crippen molar-refractivity contribution in [3.8, 4) is 0 Å². The second kappa shape index (κ2) is 5.45. The highest BCUT2D eigenvalue weighted by Gasteiger charge is 2.14. The Bertz CT molecular complexity index is 318. The molecular weight excluding hydrogens is 206 g/mol.